The van der Waals surface area contributed by atoms with E-state index in [2.05, 4.69) is 79.9 Å². The van der Waals surface area contributed by atoms with E-state index < -0.39 is 0 Å². The van der Waals surface area contributed by atoms with Crippen LogP contribution in [-0.4, -0.2) is 13.2 Å². The summed E-state index contributed by atoms with van der Waals surface area (Å²) in [7, 11) is 0. The number of rotatable bonds is 9. The molecule has 2 atom stereocenters. The minimum atomic E-state index is -0.0555. The summed E-state index contributed by atoms with van der Waals surface area (Å²) >= 11 is 8.09. The molecule has 0 fully saturated rings. The van der Waals surface area contributed by atoms with E-state index in [1.54, 1.807) is 11.3 Å². The maximum atomic E-state index is 6.49. The number of allylic oxidation sites excluding steroid dienone is 1. The first-order valence-electron chi connectivity index (χ1n) is 10.7. The molecule has 32 heavy (non-hydrogen) atoms. The quantitative estimate of drug-likeness (QED) is 0.267. The molecule has 1 aliphatic rings. The van der Waals surface area contributed by atoms with Crippen molar-refractivity contribution in [2.45, 2.75) is 32.3 Å². The van der Waals surface area contributed by atoms with Crippen molar-refractivity contribution in [3.8, 4) is 5.75 Å². The molecular formula is C27H28ClO2SY-. The molecule has 0 aliphatic heterocycles. The SMILES string of the molecule is CC(C)(c1ccccc1)c1ccc(OC[C@H]2C(Cl)=CC[C@@H]2COCc2cc[c-]s2)cc1.[Y]. The van der Waals surface area contributed by atoms with Gasteiger partial charge in [-0.1, -0.05) is 74.0 Å². The van der Waals surface area contributed by atoms with E-state index in [0.717, 1.165) is 17.2 Å². The van der Waals surface area contributed by atoms with Crippen LogP contribution >= 0.6 is 22.9 Å². The van der Waals surface area contributed by atoms with Gasteiger partial charge in [-0.05, 0) is 35.6 Å². The first-order chi connectivity index (χ1) is 15.0. The second kappa shape index (κ2) is 11.9. The molecule has 5 heteroatoms. The second-order valence-electron chi connectivity index (χ2n) is 8.55. The first-order valence-corrected chi connectivity index (χ1v) is 11.9. The third kappa shape index (κ3) is 6.33. The average Bonchev–Trinajstić information content (AvgIpc) is 3.43. The molecule has 0 unspecified atom stereocenters. The molecule has 0 bridgehead atoms. The van der Waals surface area contributed by atoms with E-state index in [1.807, 2.05) is 12.1 Å². The van der Waals surface area contributed by atoms with Crippen LogP contribution in [0.2, 0.25) is 0 Å². The largest absolute Gasteiger partial charge is 0.493 e. The summed E-state index contributed by atoms with van der Waals surface area (Å²) in [5.41, 5.74) is 2.51. The predicted molar refractivity (Wildman–Crippen MR) is 129 cm³/mol. The Labute approximate surface area is 225 Å². The smallest absolute Gasteiger partial charge is 0.119 e. The number of hydrogen-bond donors (Lipinski definition) is 0. The Hall–Kier alpha value is -0.966. The van der Waals surface area contributed by atoms with Crippen LogP contribution in [0.4, 0.5) is 0 Å². The van der Waals surface area contributed by atoms with Gasteiger partial charge >= 0.3 is 0 Å². The molecule has 4 rings (SSSR count). The van der Waals surface area contributed by atoms with Crippen LogP contribution in [0.5, 0.6) is 5.75 Å². The van der Waals surface area contributed by atoms with Crippen LogP contribution in [0.1, 0.15) is 36.3 Å². The molecule has 0 saturated carbocycles. The third-order valence-electron chi connectivity index (χ3n) is 6.14. The predicted octanol–water partition coefficient (Wildman–Crippen LogP) is 7.23. The zero-order chi connectivity index (χ0) is 21.7. The molecule has 3 aromatic rings. The van der Waals surface area contributed by atoms with Crippen molar-refractivity contribution in [3.63, 3.8) is 0 Å². The molecule has 0 amide bonds. The van der Waals surface area contributed by atoms with Gasteiger partial charge in [-0.3, -0.25) is 11.3 Å². The maximum absolute atomic E-state index is 6.49. The summed E-state index contributed by atoms with van der Waals surface area (Å²) in [6.45, 7) is 6.38. The van der Waals surface area contributed by atoms with Crippen LogP contribution in [0.3, 0.4) is 0 Å². The van der Waals surface area contributed by atoms with Gasteiger partial charge in [0.15, 0.2) is 0 Å². The first kappa shape index (κ1) is 25.7. The topological polar surface area (TPSA) is 18.5 Å². The Kier molecular flexibility index (Phi) is 9.58. The summed E-state index contributed by atoms with van der Waals surface area (Å²) in [5.74, 6) is 1.41. The van der Waals surface area contributed by atoms with Gasteiger partial charge in [-0.2, -0.15) is 12.1 Å². The minimum Gasteiger partial charge on any atom is -0.493 e. The minimum absolute atomic E-state index is 0. The summed E-state index contributed by atoms with van der Waals surface area (Å²) in [6, 6.07) is 23.0. The number of thiophene rings is 1. The molecule has 1 aromatic heterocycles. The van der Waals surface area contributed by atoms with E-state index in [4.69, 9.17) is 21.1 Å². The monoisotopic (exact) mass is 540 g/mol. The Morgan fingerprint density at radius 2 is 1.72 bits per heavy atom. The van der Waals surface area contributed by atoms with Crippen molar-refractivity contribution >= 4 is 22.9 Å². The Bertz CT molecular complexity index is 984. The Morgan fingerprint density at radius 3 is 2.41 bits per heavy atom. The average molecular weight is 541 g/mol. The Morgan fingerprint density at radius 1 is 1.00 bits per heavy atom. The van der Waals surface area contributed by atoms with E-state index >= 15 is 0 Å². The molecule has 1 heterocycles. The van der Waals surface area contributed by atoms with Crippen LogP contribution in [-0.2, 0) is 49.5 Å². The van der Waals surface area contributed by atoms with Crippen LogP contribution in [0.15, 0.2) is 77.8 Å². The van der Waals surface area contributed by atoms with Crippen molar-refractivity contribution in [1.82, 2.24) is 0 Å². The zero-order valence-electron chi connectivity index (χ0n) is 18.6. The van der Waals surface area contributed by atoms with Crippen molar-refractivity contribution in [3.05, 3.63) is 99.2 Å². The second-order valence-corrected chi connectivity index (χ2v) is 9.95. The van der Waals surface area contributed by atoms with E-state index in [1.165, 1.54) is 16.0 Å². The maximum Gasteiger partial charge on any atom is 0.119 e. The van der Waals surface area contributed by atoms with Crippen molar-refractivity contribution < 1.29 is 42.2 Å². The number of halogens is 1. The summed E-state index contributed by atoms with van der Waals surface area (Å²) in [4.78, 5) is 1.20. The molecule has 0 N–H and O–H groups in total. The molecular weight excluding hydrogens is 513 g/mol. The fraction of sp³-hybridized carbons (Fsp3) is 0.333. The molecule has 0 saturated heterocycles. The van der Waals surface area contributed by atoms with Crippen molar-refractivity contribution in [2.24, 2.45) is 11.8 Å². The zero-order valence-corrected chi connectivity index (χ0v) is 23.0. The molecule has 165 valence electrons. The van der Waals surface area contributed by atoms with Gasteiger partial charge in [-0.25, -0.2) is 0 Å². The van der Waals surface area contributed by atoms with Gasteiger partial charge < -0.3 is 9.47 Å². The number of ether oxygens (including phenoxy) is 2. The molecule has 1 radical (unpaired) electrons. The Balaban J connectivity index is 0.00000289. The van der Waals surface area contributed by atoms with Crippen LogP contribution in [0, 0.1) is 17.2 Å². The summed E-state index contributed by atoms with van der Waals surface area (Å²) in [6.07, 6.45) is 3.04. The normalized spacial score (nSPS) is 18.2. The molecule has 2 nitrogen and oxygen atoms in total. The standard InChI is InChI=1S/C27H28ClO2S.Y/c1-27(2,21-7-4-3-5-8-21)22-11-13-23(14-12-22)30-19-25-20(10-15-26(25)28)17-29-18-24-9-6-16-31-24;/h3-9,11-15,20,25H,10,17-19H2,1-2H3;/q-1;/t20-,25-;/m1./s1. The molecule has 1 aliphatic carbocycles. The van der Waals surface area contributed by atoms with Crippen LogP contribution in [0.25, 0.3) is 0 Å². The molecule has 2 aromatic carbocycles. The van der Waals surface area contributed by atoms with Crippen LogP contribution < -0.4 is 4.74 Å². The van der Waals surface area contributed by atoms with Gasteiger partial charge in [0, 0.05) is 62.3 Å². The van der Waals surface area contributed by atoms with Gasteiger partial charge in [-0.15, -0.1) is 10.3 Å². The number of hydrogen-bond acceptors (Lipinski definition) is 3. The van der Waals surface area contributed by atoms with Crippen molar-refractivity contribution in [2.75, 3.05) is 13.2 Å². The van der Waals surface area contributed by atoms with E-state index in [-0.39, 0.29) is 44.0 Å². The summed E-state index contributed by atoms with van der Waals surface area (Å²) < 4.78 is 12.1. The van der Waals surface area contributed by atoms with Gasteiger partial charge in [0.05, 0.1) is 6.61 Å². The van der Waals surface area contributed by atoms with Gasteiger partial charge in [0.1, 0.15) is 5.75 Å². The number of benzene rings is 2. The van der Waals surface area contributed by atoms with Crippen molar-refractivity contribution in [1.29, 1.82) is 0 Å². The van der Waals surface area contributed by atoms with E-state index in [0.29, 0.717) is 25.7 Å². The van der Waals surface area contributed by atoms with Gasteiger partial charge in [0.2, 0.25) is 0 Å². The third-order valence-corrected chi connectivity index (χ3v) is 7.35. The fourth-order valence-electron chi connectivity index (χ4n) is 4.04. The summed E-state index contributed by atoms with van der Waals surface area (Å²) in [5, 5.41) is 3.98. The van der Waals surface area contributed by atoms with Gasteiger partial charge in [0.25, 0.3) is 0 Å². The molecule has 0 spiro atoms. The van der Waals surface area contributed by atoms with E-state index in [9.17, 15) is 0 Å². The fourth-order valence-corrected chi connectivity index (χ4v) is 4.94.